The summed E-state index contributed by atoms with van der Waals surface area (Å²) in [6.07, 6.45) is -2.67. The van der Waals surface area contributed by atoms with E-state index in [1.165, 1.54) is 7.11 Å². The maximum Gasteiger partial charge on any atom is 0.278 e. The summed E-state index contributed by atoms with van der Waals surface area (Å²) in [5.74, 6) is 0.0602. The Hall–Kier alpha value is -0.660. The topological polar surface area (TPSA) is 42.1 Å². The minimum atomic E-state index is -2.67. The van der Waals surface area contributed by atoms with E-state index in [2.05, 4.69) is 4.98 Å². The van der Waals surface area contributed by atoms with Gasteiger partial charge in [0.05, 0.1) is 12.8 Å². The maximum absolute atomic E-state index is 12.1. The fourth-order valence-corrected chi connectivity index (χ4v) is 1.64. The lowest BCUT2D eigenvalue weighted by Gasteiger charge is -2.04. The van der Waals surface area contributed by atoms with Gasteiger partial charge in [0.1, 0.15) is 3.70 Å². The van der Waals surface area contributed by atoms with E-state index in [9.17, 15) is 13.6 Å². The zero-order valence-corrected chi connectivity index (χ0v) is 8.76. The van der Waals surface area contributed by atoms with Crippen molar-refractivity contribution in [3.63, 3.8) is 0 Å². The fraction of sp³-hybridized carbons (Fsp3) is 0.286. The number of aromatic nitrogens is 1. The fourth-order valence-electron chi connectivity index (χ4n) is 0.842. The van der Waals surface area contributed by atoms with Crippen LogP contribution < -0.4 is 10.2 Å². The van der Waals surface area contributed by atoms with Gasteiger partial charge in [0.15, 0.2) is 5.75 Å². The van der Waals surface area contributed by atoms with E-state index in [0.717, 1.165) is 6.07 Å². The highest BCUT2D eigenvalue weighted by Crippen LogP contribution is 2.19. The van der Waals surface area contributed by atoms with Gasteiger partial charge in [-0.05, 0) is 22.6 Å². The zero-order chi connectivity index (χ0) is 10.0. The van der Waals surface area contributed by atoms with Gasteiger partial charge in [-0.15, -0.1) is 0 Å². The molecule has 0 unspecified atom stereocenters. The summed E-state index contributed by atoms with van der Waals surface area (Å²) in [6, 6.07) is 0.839. The minimum absolute atomic E-state index is 0.0602. The van der Waals surface area contributed by atoms with Crippen molar-refractivity contribution in [1.82, 2.24) is 4.98 Å². The van der Waals surface area contributed by atoms with Crippen molar-refractivity contribution in [3.8, 4) is 5.75 Å². The van der Waals surface area contributed by atoms with E-state index in [4.69, 9.17) is 4.74 Å². The number of alkyl halides is 2. The third kappa shape index (κ3) is 2.17. The molecule has 6 heteroatoms. The Morgan fingerprint density at radius 2 is 2.23 bits per heavy atom. The Morgan fingerprint density at radius 1 is 1.62 bits per heavy atom. The van der Waals surface area contributed by atoms with Crippen LogP contribution in [-0.4, -0.2) is 12.1 Å². The van der Waals surface area contributed by atoms with Crippen molar-refractivity contribution >= 4 is 22.6 Å². The molecular weight excluding hydrogens is 295 g/mol. The molecule has 0 atom stereocenters. The van der Waals surface area contributed by atoms with Gasteiger partial charge in [-0.1, -0.05) is 0 Å². The van der Waals surface area contributed by atoms with Crippen LogP contribution in [0.4, 0.5) is 8.78 Å². The average Bonchev–Trinajstić information content (AvgIpc) is 2.03. The number of methoxy groups -OCH3 is 1. The first kappa shape index (κ1) is 10.4. The van der Waals surface area contributed by atoms with Crippen LogP contribution in [0.25, 0.3) is 0 Å². The Kier molecular flexibility index (Phi) is 3.23. The molecule has 0 aromatic carbocycles. The van der Waals surface area contributed by atoms with Gasteiger partial charge in [0.2, 0.25) is 5.43 Å². The highest BCUT2D eigenvalue weighted by molar-refractivity contribution is 14.1. The molecule has 0 aliphatic heterocycles. The first-order valence-corrected chi connectivity index (χ1v) is 4.39. The van der Waals surface area contributed by atoms with Crippen molar-refractivity contribution < 1.29 is 13.5 Å². The number of pyridine rings is 1. The van der Waals surface area contributed by atoms with Crippen molar-refractivity contribution in [2.24, 2.45) is 0 Å². The van der Waals surface area contributed by atoms with Crippen molar-refractivity contribution in [2.45, 2.75) is 6.43 Å². The molecule has 1 rings (SSSR count). The van der Waals surface area contributed by atoms with E-state index < -0.39 is 17.5 Å². The van der Waals surface area contributed by atoms with Crippen LogP contribution in [0.1, 0.15) is 12.1 Å². The molecule has 1 aromatic heterocycles. The SMILES string of the molecule is COc1c(I)[nH]c(C(F)F)cc1=O. The normalized spacial score (nSPS) is 10.5. The number of ether oxygens (including phenoxy) is 1. The predicted molar refractivity (Wildman–Crippen MR) is 51.3 cm³/mol. The molecule has 0 bridgehead atoms. The van der Waals surface area contributed by atoms with E-state index in [0.29, 0.717) is 0 Å². The molecule has 1 aromatic rings. The van der Waals surface area contributed by atoms with Gasteiger partial charge in [0, 0.05) is 6.07 Å². The first-order chi connectivity index (χ1) is 6.06. The molecule has 0 aliphatic rings. The summed E-state index contributed by atoms with van der Waals surface area (Å²) in [6.45, 7) is 0. The van der Waals surface area contributed by atoms with Crippen LogP contribution in [0.5, 0.6) is 5.75 Å². The second kappa shape index (κ2) is 4.03. The Labute approximate surface area is 86.2 Å². The molecular formula is C7H6F2INO2. The molecule has 0 fully saturated rings. The summed E-state index contributed by atoms with van der Waals surface area (Å²) < 4.78 is 29.3. The molecule has 0 saturated heterocycles. The number of halogens is 3. The summed E-state index contributed by atoms with van der Waals surface area (Å²) in [5.41, 5.74) is -0.934. The lowest BCUT2D eigenvalue weighted by atomic mass is 10.3. The molecule has 3 nitrogen and oxygen atoms in total. The lowest BCUT2D eigenvalue weighted by Crippen LogP contribution is -2.10. The quantitative estimate of drug-likeness (QED) is 0.670. The largest absolute Gasteiger partial charge is 0.490 e. The zero-order valence-electron chi connectivity index (χ0n) is 6.61. The highest BCUT2D eigenvalue weighted by atomic mass is 127. The van der Waals surface area contributed by atoms with Crippen LogP contribution in [0, 0.1) is 3.70 Å². The smallest absolute Gasteiger partial charge is 0.278 e. The Balaban J connectivity index is 3.29. The third-order valence-corrected chi connectivity index (χ3v) is 2.16. The van der Waals surface area contributed by atoms with Crippen LogP contribution in [0.2, 0.25) is 0 Å². The second-order valence-electron chi connectivity index (χ2n) is 2.24. The van der Waals surface area contributed by atoms with Crippen molar-refractivity contribution in [2.75, 3.05) is 7.11 Å². The van der Waals surface area contributed by atoms with Gasteiger partial charge in [-0.3, -0.25) is 4.79 Å². The van der Waals surface area contributed by atoms with Crippen LogP contribution >= 0.6 is 22.6 Å². The number of nitrogens with one attached hydrogen (secondary N) is 1. The number of H-pyrrole nitrogens is 1. The highest BCUT2D eigenvalue weighted by Gasteiger charge is 2.13. The van der Waals surface area contributed by atoms with Gasteiger partial charge in [-0.25, -0.2) is 8.78 Å². The predicted octanol–water partition coefficient (Wildman–Crippen LogP) is 1.93. The second-order valence-corrected chi connectivity index (χ2v) is 3.32. The molecule has 13 heavy (non-hydrogen) atoms. The maximum atomic E-state index is 12.1. The van der Waals surface area contributed by atoms with Gasteiger partial charge < -0.3 is 9.72 Å². The summed E-state index contributed by atoms with van der Waals surface area (Å²) >= 11 is 1.73. The molecule has 72 valence electrons. The van der Waals surface area contributed by atoms with E-state index in [-0.39, 0.29) is 9.45 Å². The summed E-state index contributed by atoms with van der Waals surface area (Å²) in [5, 5.41) is 0. The van der Waals surface area contributed by atoms with Crippen molar-refractivity contribution in [1.29, 1.82) is 0 Å². The molecule has 0 aliphatic carbocycles. The molecule has 0 saturated carbocycles. The number of hydrogen-bond acceptors (Lipinski definition) is 2. The number of rotatable bonds is 2. The number of hydrogen-bond donors (Lipinski definition) is 1. The molecule has 1 heterocycles. The van der Waals surface area contributed by atoms with Crippen LogP contribution in [0.15, 0.2) is 10.9 Å². The van der Waals surface area contributed by atoms with Crippen LogP contribution in [-0.2, 0) is 0 Å². The first-order valence-electron chi connectivity index (χ1n) is 3.31. The van der Waals surface area contributed by atoms with Gasteiger partial charge in [0.25, 0.3) is 6.43 Å². The van der Waals surface area contributed by atoms with Crippen LogP contribution in [0.3, 0.4) is 0 Å². The Morgan fingerprint density at radius 3 is 2.62 bits per heavy atom. The molecule has 0 radical (unpaired) electrons. The van der Waals surface area contributed by atoms with E-state index in [1.807, 2.05) is 0 Å². The van der Waals surface area contributed by atoms with Gasteiger partial charge >= 0.3 is 0 Å². The minimum Gasteiger partial charge on any atom is -0.490 e. The molecule has 0 spiro atoms. The number of aromatic amines is 1. The average molecular weight is 301 g/mol. The third-order valence-electron chi connectivity index (χ3n) is 1.40. The summed E-state index contributed by atoms with van der Waals surface area (Å²) in [4.78, 5) is 13.5. The van der Waals surface area contributed by atoms with E-state index in [1.54, 1.807) is 22.6 Å². The lowest BCUT2D eigenvalue weighted by molar-refractivity contribution is 0.145. The monoisotopic (exact) mass is 301 g/mol. The van der Waals surface area contributed by atoms with Gasteiger partial charge in [-0.2, -0.15) is 0 Å². The van der Waals surface area contributed by atoms with E-state index >= 15 is 0 Å². The summed E-state index contributed by atoms with van der Waals surface area (Å²) in [7, 11) is 1.31. The Bertz CT molecular complexity index is 364. The molecule has 0 amide bonds. The standard InChI is InChI=1S/C7H6F2INO2/c1-13-5-4(12)2-3(6(8)9)11-7(5)10/h2,6H,1H3,(H,11,12). The van der Waals surface area contributed by atoms with Crippen molar-refractivity contribution in [3.05, 3.63) is 25.7 Å². The molecule has 1 N–H and O–H groups in total.